The molecule has 6 heteroatoms. The van der Waals surface area contributed by atoms with Crippen molar-refractivity contribution in [2.75, 3.05) is 0 Å². The number of aromatic nitrogens is 1. The van der Waals surface area contributed by atoms with Crippen molar-refractivity contribution in [1.29, 1.82) is 0 Å². The van der Waals surface area contributed by atoms with Crippen molar-refractivity contribution < 1.29 is 9.21 Å². The van der Waals surface area contributed by atoms with E-state index in [4.69, 9.17) is 16.0 Å². The standard InChI is InChI=1S/C16H19ClN2O3/c1-10-4-2-3-5-12(10)18-15(20)9-19-13-8-11(17)6-7-14(13)22-16(19)21/h6-8,10,12H,2-5,9H2,1H3,(H,18,20)/t10-,12+/m1/s1. The Kier molecular flexibility index (Phi) is 4.25. The molecule has 0 spiro atoms. The fourth-order valence-electron chi connectivity index (χ4n) is 3.11. The van der Waals surface area contributed by atoms with Crippen LogP contribution in [-0.2, 0) is 11.3 Å². The molecule has 1 amide bonds. The zero-order valence-electron chi connectivity index (χ0n) is 12.5. The molecular weight excluding hydrogens is 304 g/mol. The Morgan fingerprint density at radius 3 is 2.95 bits per heavy atom. The minimum absolute atomic E-state index is 0.0462. The highest BCUT2D eigenvalue weighted by atomic mass is 35.5. The molecule has 5 nitrogen and oxygen atoms in total. The van der Waals surface area contributed by atoms with Crippen molar-refractivity contribution in [3.8, 4) is 0 Å². The van der Waals surface area contributed by atoms with Crippen LogP contribution in [0.5, 0.6) is 0 Å². The number of oxazole rings is 1. The number of benzene rings is 1. The number of rotatable bonds is 3. The van der Waals surface area contributed by atoms with E-state index in [9.17, 15) is 9.59 Å². The Labute approximate surface area is 133 Å². The summed E-state index contributed by atoms with van der Waals surface area (Å²) in [6.07, 6.45) is 4.49. The first-order chi connectivity index (χ1) is 10.5. The molecule has 1 saturated carbocycles. The first kappa shape index (κ1) is 15.2. The van der Waals surface area contributed by atoms with E-state index in [-0.39, 0.29) is 18.5 Å². The van der Waals surface area contributed by atoms with Crippen LogP contribution >= 0.6 is 11.6 Å². The van der Waals surface area contributed by atoms with Gasteiger partial charge in [0.05, 0.1) is 5.52 Å². The SMILES string of the molecule is C[C@@H]1CCCC[C@@H]1NC(=O)Cn1c(=O)oc2ccc(Cl)cc21. The molecule has 1 aliphatic rings. The van der Waals surface area contributed by atoms with Crippen molar-refractivity contribution in [3.63, 3.8) is 0 Å². The van der Waals surface area contributed by atoms with Crippen LogP contribution in [0.4, 0.5) is 0 Å². The molecule has 2 aromatic rings. The van der Waals surface area contributed by atoms with Gasteiger partial charge >= 0.3 is 5.76 Å². The fourth-order valence-corrected chi connectivity index (χ4v) is 3.28. The van der Waals surface area contributed by atoms with Crippen molar-refractivity contribution in [3.05, 3.63) is 33.8 Å². The minimum Gasteiger partial charge on any atom is -0.408 e. The maximum Gasteiger partial charge on any atom is 0.420 e. The zero-order chi connectivity index (χ0) is 15.7. The second kappa shape index (κ2) is 6.16. The average molecular weight is 323 g/mol. The van der Waals surface area contributed by atoms with Crippen molar-refractivity contribution in [2.45, 2.75) is 45.2 Å². The number of fused-ring (bicyclic) bond motifs is 1. The molecule has 3 rings (SSSR count). The summed E-state index contributed by atoms with van der Waals surface area (Å²) in [4.78, 5) is 24.2. The number of carbonyl (C=O) groups excluding carboxylic acids is 1. The molecule has 1 aromatic carbocycles. The molecule has 2 atom stereocenters. The van der Waals surface area contributed by atoms with E-state index in [1.807, 2.05) is 0 Å². The third-order valence-corrected chi connectivity index (χ3v) is 4.62. The van der Waals surface area contributed by atoms with Gasteiger partial charge in [0.25, 0.3) is 0 Å². The first-order valence-corrected chi connectivity index (χ1v) is 8.00. The van der Waals surface area contributed by atoms with E-state index in [0.29, 0.717) is 22.0 Å². The number of halogens is 1. The van der Waals surface area contributed by atoms with Gasteiger partial charge in [0.2, 0.25) is 5.91 Å². The second-order valence-corrected chi connectivity index (χ2v) is 6.44. The highest BCUT2D eigenvalue weighted by Gasteiger charge is 2.23. The largest absolute Gasteiger partial charge is 0.420 e. The van der Waals surface area contributed by atoms with Gasteiger partial charge in [0.1, 0.15) is 6.54 Å². The minimum atomic E-state index is -0.538. The monoisotopic (exact) mass is 322 g/mol. The summed E-state index contributed by atoms with van der Waals surface area (Å²) < 4.78 is 6.46. The van der Waals surface area contributed by atoms with Crippen LogP contribution in [0.2, 0.25) is 5.02 Å². The summed E-state index contributed by atoms with van der Waals surface area (Å²) in [5.41, 5.74) is 0.984. The zero-order valence-corrected chi connectivity index (χ0v) is 13.2. The van der Waals surface area contributed by atoms with Crippen LogP contribution in [0.25, 0.3) is 11.1 Å². The smallest absolute Gasteiger partial charge is 0.408 e. The van der Waals surface area contributed by atoms with Crippen molar-refractivity contribution >= 4 is 28.6 Å². The van der Waals surface area contributed by atoms with E-state index in [0.717, 1.165) is 19.3 Å². The first-order valence-electron chi connectivity index (χ1n) is 7.63. The predicted molar refractivity (Wildman–Crippen MR) is 85.0 cm³/mol. The maximum absolute atomic E-state index is 12.3. The van der Waals surface area contributed by atoms with Crippen molar-refractivity contribution in [1.82, 2.24) is 9.88 Å². The summed E-state index contributed by atoms with van der Waals surface area (Å²) in [7, 11) is 0. The summed E-state index contributed by atoms with van der Waals surface area (Å²) in [6, 6.07) is 5.12. The Morgan fingerprint density at radius 1 is 1.41 bits per heavy atom. The number of hydrogen-bond acceptors (Lipinski definition) is 3. The molecule has 1 aliphatic carbocycles. The highest BCUT2D eigenvalue weighted by molar-refractivity contribution is 6.31. The molecule has 1 fully saturated rings. The lowest BCUT2D eigenvalue weighted by Crippen LogP contribution is -2.43. The molecular formula is C16H19ClN2O3. The summed E-state index contributed by atoms with van der Waals surface area (Å²) >= 11 is 5.95. The Morgan fingerprint density at radius 2 is 2.18 bits per heavy atom. The van der Waals surface area contributed by atoms with E-state index >= 15 is 0 Å². The topological polar surface area (TPSA) is 64.2 Å². The third kappa shape index (κ3) is 3.04. The number of nitrogens with zero attached hydrogens (tertiary/aromatic N) is 1. The number of hydrogen-bond donors (Lipinski definition) is 1. The molecule has 0 radical (unpaired) electrons. The molecule has 0 unspecified atom stereocenters. The lowest BCUT2D eigenvalue weighted by atomic mass is 9.86. The van der Waals surface area contributed by atoms with Gasteiger partial charge < -0.3 is 9.73 Å². The van der Waals surface area contributed by atoms with Gasteiger partial charge in [-0.3, -0.25) is 9.36 Å². The fraction of sp³-hybridized carbons (Fsp3) is 0.500. The Bertz CT molecular complexity index is 749. The van der Waals surface area contributed by atoms with Crippen LogP contribution in [0.3, 0.4) is 0 Å². The van der Waals surface area contributed by atoms with Gasteiger partial charge in [-0.05, 0) is 37.0 Å². The van der Waals surface area contributed by atoms with Gasteiger partial charge in [-0.15, -0.1) is 0 Å². The van der Waals surface area contributed by atoms with Gasteiger partial charge in [0, 0.05) is 11.1 Å². The van der Waals surface area contributed by atoms with E-state index in [1.54, 1.807) is 18.2 Å². The number of carbonyl (C=O) groups is 1. The molecule has 0 saturated heterocycles. The van der Waals surface area contributed by atoms with Crippen molar-refractivity contribution in [2.24, 2.45) is 5.92 Å². The predicted octanol–water partition coefficient (Wildman–Crippen LogP) is 2.94. The van der Waals surface area contributed by atoms with Gasteiger partial charge in [-0.1, -0.05) is 31.4 Å². The number of nitrogens with one attached hydrogen (secondary N) is 1. The molecule has 0 aliphatic heterocycles. The quantitative estimate of drug-likeness (QED) is 0.945. The van der Waals surface area contributed by atoms with E-state index in [1.165, 1.54) is 11.0 Å². The molecule has 1 N–H and O–H groups in total. The average Bonchev–Trinajstić information content (AvgIpc) is 2.77. The van der Waals surface area contributed by atoms with E-state index < -0.39 is 5.76 Å². The summed E-state index contributed by atoms with van der Waals surface area (Å²) in [5.74, 6) is -0.224. The lowest BCUT2D eigenvalue weighted by molar-refractivity contribution is -0.123. The highest BCUT2D eigenvalue weighted by Crippen LogP contribution is 2.24. The van der Waals surface area contributed by atoms with Gasteiger partial charge in [-0.25, -0.2) is 4.79 Å². The van der Waals surface area contributed by atoms with E-state index in [2.05, 4.69) is 12.2 Å². The third-order valence-electron chi connectivity index (χ3n) is 4.39. The number of amides is 1. The Hall–Kier alpha value is -1.75. The molecule has 1 aromatic heterocycles. The van der Waals surface area contributed by atoms with Crippen LogP contribution in [0.15, 0.2) is 27.4 Å². The van der Waals surface area contributed by atoms with Crippen LogP contribution in [-0.4, -0.2) is 16.5 Å². The summed E-state index contributed by atoms with van der Waals surface area (Å²) in [6.45, 7) is 2.11. The normalized spacial score (nSPS) is 21.9. The Balaban J connectivity index is 1.78. The molecule has 22 heavy (non-hydrogen) atoms. The van der Waals surface area contributed by atoms with Gasteiger partial charge in [0.15, 0.2) is 5.58 Å². The molecule has 1 heterocycles. The lowest BCUT2D eigenvalue weighted by Gasteiger charge is -2.29. The van der Waals surface area contributed by atoms with Gasteiger partial charge in [-0.2, -0.15) is 0 Å². The van der Waals surface area contributed by atoms with Crippen LogP contribution in [0.1, 0.15) is 32.6 Å². The maximum atomic E-state index is 12.3. The second-order valence-electron chi connectivity index (χ2n) is 6.00. The van der Waals surface area contributed by atoms with Crippen LogP contribution in [0, 0.1) is 5.92 Å². The molecule has 118 valence electrons. The summed E-state index contributed by atoms with van der Waals surface area (Å²) in [5, 5.41) is 3.54. The molecule has 0 bridgehead atoms. The van der Waals surface area contributed by atoms with Crippen LogP contribution < -0.4 is 11.1 Å².